The van der Waals surface area contributed by atoms with E-state index in [9.17, 15) is 0 Å². The maximum Gasteiger partial charge on any atom is 0.322 e. The normalized spacial score (nSPS) is 10.0. The number of halogens is 1. The molecule has 0 amide bonds. The Bertz CT molecular complexity index is 263. The first-order valence-corrected chi connectivity index (χ1v) is 4.01. The van der Waals surface area contributed by atoms with E-state index in [0.29, 0.717) is 13.0 Å². The molecule has 0 aromatic carbocycles. The van der Waals surface area contributed by atoms with E-state index in [-0.39, 0.29) is 23.8 Å². The fourth-order valence-electron chi connectivity index (χ4n) is 0.639. The van der Waals surface area contributed by atoms with Gasteiger partial charge in [0.1, 0.15) is 0 Å². The second-order valence-electron chi connectivity index (χ2n) is 2.17. The minimum atomic E-state index is -0.00787. The van der Waals surface area contributed by atoms with Crippen molar-refractivity contribution in [2.75, 3.05) is 18.9 Å². The molecule has 0 saturated heterocycles. The lowest BCUT2D eigenvalue weighted by Gasteiger charge is -2.02. The second-order valence-corrected chi connectivity index (χ2v) is 2.51. The predicted molar refractivity (Wildman–Crippen MR) is 46.4 cm³/mol. The highest BCUT2D eigenvalue weighted by molar-refractivity contribution is 6.28. The van der Waals surface area contributed by atoms with Gasteiger partial charge in [0.2, 0.25) is 11.2 Å². The molecule has 0 radical (unpaired) electrons. The second kappa shape index (κ2) is 4.78. The Morgan fingerprint density at radius 1 is 1.38 bits per heavy atom. The van der Waals surface area contributed by atoms with Gasteiger partial charge in [-0.2, -0.15) is 15.0 Å². The molecule has 0 unspecified atom stereocenters. The summed E-state index contributed by atoms with van der Waals surface area (Å²) in [6.07, 6.45) is 0.503. The van der Waals surface area contributed by atoms with Gasteiger partial charge in [0.15, 0.2) is 0 Å². The number of nitrogens with two attached hydrogens (primary N) is 1. The van der Waals surface area contributed by atoms with E-state index < -0.39 is 0 Å². The highest BCUT2D eigenvalue weighted by Crippen LogP contribution is 2.08. The van der Waals surface area contributed by atoms with Crippen molar-refractivity contribution >= 4 is 17.5 Å². The molecule has 0 bridgehead atoms. The third-order valence-corrected chi connectivity index (χ3v) is 1.31. The summed E-state index contributed by atoms with van der Waals surface area (Å²) in [5.74, 6) is 0.0130. The first-order valence-electron chi connectivity index (χ1n) is 3.63. The molecule has 1 aromatic heterocycles. The van der Waals surface area contributed by atoms with E-state index in [0.717, 1.165) is 0 Å². The van der Waals surface area contributed by atoms with Crippen LogP contribution in [0.25, 0.3) is 0 Å². The van der Waals surface area contributed by atoms with Crippen molar-refractivity contribution < 1.29 is 9.84 Å². The number of ether oxygens (including phenoxy) is 1. The van der Waals surface area contributed by atoms with Crippen LogP contribution in [0.2, 0.25) is 5.28 Å². The smallest absolute Gasteiger partial charge is 0.322 e. The molecule has 7 heteroatoms. The monoisotopic (exact) mass is 204 g/mol. The number of rotatable bonds is 4. The van der Waals surface area contributed by atoms with Gasteiger partial charge in [-0.05, 0) is 11.6 Å². The quantitative estimate of drug-likeness (QED) is 0.664. The molecule has 1 rings (SSSR count). The SMILES string of the molecule is Nc1nc(Cl)nc(OCCCO)n1. The van der Waals surface area contributed by atoms with E-state index in [1.165, 1.54) is 0 Å². The molecular formula is C6H9ClN4O2. The Labute approximate surface area is 79.7 Å². The fourth-order valence-corrected chi connectivity index (χ4v) is 0.798. The first kappa shape index (κ1) is 9.94. The molecule has 3 N–H and O–H groups in total. The van der Waals surface area contributed by atoms with Crippen LogP contribution in [0.15, 0.2) is 0 Å². The molecule has 0 saturated carbocycles. The summed E-state index contributed by atoms with van der Waals surface area (Å²) in [6, 6.07) is 0.0750. The highest BCUT2D eigenvalue weighted by atomic mass is 35.5. The zero-order valence-electron chi connectivity index (χ0n) is 6.77. The summed E-state index contributed by atoms with van der Waals surface area (Å²) in [7, 11) is 0. The number of aliphatic hydroxyl groups is 1. The van der Waals surface area contributed by atoms with Crippen LogP contribution in [0.4, 0.5) is 5.95 Å². The molecule has 0 atom stereocenters. The van der Waals surface area contributed by atoms with Gasteiger partial charge in [-0.25, -0.2) is 0 Å². The van der Waals surface area contributed by atoms with E-state index in [1.54, 1.807) is 0 Å². The molecule has 1 heterocycles. The van der Waals surface area contributed by atoms with Gasteiger partial charge in [0, 0.05) is 13.0 Å². The zero-order valence-corrected chi connectivity index (χ0v) is 7.53. The van der Waals surface area contributed by atoms with E-state index in [4.69, 9.17) is 27.2 Å². The van der Waals surface area contributed by atoms with Crippen molar-refractivity contribution in [2.45, 2.75) is 6.42 Å². The Morgan fingerprint density at radius 2 is 2.15 bits per heavy atom. The third-order valence-electron chi connectivity index (χ3n) is 1.14. The molecule has 0 aliphatic carbocycles. The average molecular weight is 205 g/mol. The van der Waals surface area contributed by atoms with E-state index in [2.05, 4.69) is 15.0 Å². The molecule has 13 heavy (non-hydrogen) atoms. The van der Waals surface area contributed by atoms with Gasteiger partial charge >= 0.3 is 6.01 Å². The predicted octanol–water partition coefficient (Wildman–Crippen LogP) is -0.132. The Hall–Kier alpha value is -1.14. The summed E-state index contributed by atoms with van der Waals surface area (Å²) >= 11 is 5.49. The van der Waals surface area contributed by atoms with Gasteiger partial charge in [0.05, 0.1) is 6.61 Å². The number of nitrogen functional groups attached to an aromatic ring is 1. The average Bonchev–Trinajstić information content (AvgIpc) is 2.03. The minimum Gasteiger partial charge on any atom is -0.463 e. The van der Waals surface area contributed by atoms with Crippen LogP contribution < -0.4 is 10.5 Å². The number of anilines is 1. The number of aliphatic hydroxyl groups excluding tert-OH is 1. The van der Waals surface area contributed by atoms with Gasteiger partial charge in [-0.3, -0.25) is 0 Å². The molecule has 1 aromatic rings. The lowest BCUT2D eigenvalue weighted by atomic mass is 10.5. The lowest BCUT2D eigenvalue weighted by molar-refractivity contribution is 0.224. The minimum absolute atomic E-state index is 0.00787. The maximum absolute atomic E-state index is 8.47. The van der Waals surface area contributed by atoms with Crippen LogP contribution in [-0.2, 0) is 0 Å². The van der Waals surface area contributed by atoms with Gasteiger partial charge in [0.25, 0.3) is 0 Å². The van der Waals surface area contributed by atoms with Crippen LogP contribution in [0.5, 0.6) is 6.01 Å². The summed E-state index contributed by atoms with van der Waals surface area (Å²) in [5, 5.41) is 8.46. The summed E-state index contributed by atoms with van der Waals surface area (Å²) < 4.78 is 5.02. The Morgan fingerprint density at radius 3 is 2.77 bits per heavy atom. The largest absolute Gasteiger partial charge is 0.463 e. The first-order chi connectivity index (χ1) is 6.22. The van der Waals surface area contributed by atoms with Crippen LogP contribution in [0.3, 0.4) is 0 Å². The van der Waals surface area contributed by atoms with Gasteiger partial charge < -0.3 is 15.6 Å². The number of hydrogen-bond acceptors (Lipinski definition) is 6. The number of aromatic nitrogens is 3. The van der Waals surface area contributed by atoms with Crippen molar-refractivity contribution in [1.82, 2.24) is 15.0 Å². The zero-order chi connectivity index (χ0) is 9.68. The van der Waals surface area contributed by atoms with Crippen molar-refractivity contribution in [1.29, 1.82) is 0 Å². The standard InChI is InChI=1S/C6H9ClN4O2/c7-4-9-5(8)11-6(10-4)13-3-1-2-12/h12H,1-3H2,(H2,8,9,10,11). The van der Waals surface area contributed by atoms with Crippen LogP contribution in [0, 0.1) is 0 Å². The van der Waals surface area contributed by atoms with Crippen molar-refractivity contribution in [3.8, 4) is 6.01 Å². The van der Waals surface area contributed by atoms with Gasteiger partial charge in [-0.15, -0.1) is 0 Å². The molecule has 0 spiro atoms. The molecule has 0 fully saturated rings. The van der Waals surface area contributed by atoms with Gasteiger partial charge in [-0.1, -0.05) is 0 Å². The molecular weight excluding hydrogens is 196 g/mol. The molecule has 0 aliphatic heterocycles. The summed E-state index contributed by atoms with van der Waals surface area (Å²) in [6.45, 7) is 0.366. The van der Waals surface area contributed by atoms with Crippen LogP contribution >= 0.6 is 11.6 Å². The Balaban J connectivity index is 2.56. The van der Waals surface area contributed by atoms with Crippen LogP contribution in [-0.4, -0.2) is 33.3 Å². The fraction of sp³-hybridized carbons (Fsp3) is 0.500. The lowest BCUT2D eigenvalue weighted by Crippen LogP contribution is -2.06. The van der Waals surface area contributed by atoms with E-state index >= 15 is 0 Å². The molecule has 6 nitrogen and oxygen atoms in total. The Kier molecular flexibility index (Phi) is 3.66. The van der Waals surface area contributed by atoms with Crippen LogP contribution in [0.1, 0.15) is 6.42 Å². The topological polar surface area (TPSA) is 94.2 Å². The third kappa shape index (κ3) is 3.39. The number of hydrogen-bond donors (Lipinski definition) is 2. The molecule has 0 aliphatic rings. The van der Waals surface area contributed by atoms with Crippen molar-refractivity contribution in [3.05, 3.63) is 5.28 Å². The van der Waals surface area contributed by atoms with Crippen molar-refractivity contribution in [2.24, 2.45) is 0 Å². The summed E-state index contributed by atoms with van der Waals surface area (Å²) in [5.41, 5.74) is 5.29. The van der Waals surface area contributed by atoms with E-state index in [1.807, 2.05) is 0 Å². The molecule has 72 valence electrons. The van der Waals surface area contributed by atoms with Crippen molar-refractivity contribution in [3.63, 3.8) is 0 Å². The summed E-state index contributed by atoms with van der Waals surface area (Å²) in [4.78, 5) is 10.9. The number of nitrogens with zero attached hydrogens (tertiary/aromatic N) is 3. The maximum atomic E-state index is 8.47. The highest BCUT2D eigenvalue weighted by Gasteiger charge is 2.02.